The predicted molar refractivity (Wildman–Crippen MR) is 59.7 cm³/mol. The Hall–Kier alpha value is -1.57. The molecule has 0 spiro atoms. The van der Waals surface area contributed by atoms with Gasteiger partial charge in [0.2, 0.25) is 0 Å². The number of nitrogens with zero attached hydrogens (tertiary/aromatic N) is 2. The Morgan fingerprint density at radius 1 is 1.63 bits per heavy atom. The zero-order valence-corrected chi connectivity index (χ0v) is 10.3. The lowest BCUT2D eigenvalue weighted by molar-refractivity contribution is -0.142. The van der Waals surface area contributed by atoms with Crippen molar-refractivity contribution in [3.8, 4) is 0 Å². The second-order valence-corrected chi connectivity index (χ2v) is 4.24. The van der Waals surface area contributed by atoms with E-state index in [1.165, 1.54) is 11.6 Å². The number of ether oxygens (including phenoxy) is 1. The van der Waals surface area contributed by atoms with Crippen molar-refractivity contribution in [2.45, 2.75) is 25.6 Å². The van der Waals surface area contributed by atoms with E-state index in [0.717, 1.165) is 12.7 Å². The van der Waals surface area contributed by atoms with Crippen LogP contribution in [0.15, 0.2) is 6.20 Å². The normalized spacial score (nSPS) is 19.7. The summed E-state index contributed by atoms with van der Waals surface area (Å²) in [5, 5.41) is 6.55. The van der Waals surface area contributed by atoms with E-state index in [2.05, 4.69) is 15.2 Å². The van der Waals surface area contributed by atoms with Gasteiger partial charge in [-0.1, -0.05) is 0 Å². The van der Waals surface area contributed by atoms with Crippen LogP contribution in [0.4, 0.5) is 13.2 Å². The molecule has 1 N–H and O–H groups in total. The lowest BCUT2D eigenvalue weighted by atomic mass is 10.2. The first-order chi connectivity index (χ1) is 8.93. The molecule has 1 atom stereocenters. The number of carbonyl (C=O) groups is 1. The van der Waals surface area contributed by atoms with E-state index in [0.29, 0.717) is 13.0 Å². The minimum absolute atomic E-state index is 0.0201. The molecular weight excluding hydrogens is 263 g/mol. The summed E-state index contributed by atoms with van der Waals surface area (Å²) >= 11 is 0. The quantitative estimate of drug-likeness (QED) is 0.853. The van der Waals surface area contributed by atoms with E-state index >= 15 is 0 Å². The molecule has 2 heterocycles. The second kappa shape index (κ2) is 5.20. The van der Waals surface area contributed by atoms with Crippen molar-refractivity contribution in [2.75, 3.05) is 19.7 Å². The summed E-state index contributed by atoms with van der Waals surface area (Å²) < 4.78 is 44.4. The molecule has 0 amide bonds. The van der Waals surface area contributed by atoms with Crippen LogP contribution in [0.5, 0.6) is 0 Å². The largest absolute Gasteiger partial charge is 0.462 e. The fourth-order valence-corrected chi connectivity index (χ4v) is 2.01. The molecule has 2 rings (SSSR count). The number of rotatable bonds is 3. The van der Waals surface area contributed by atoms with Crippen LogP contribution in [0.2, 0.25) is 0 Å². The number of carbonyl (C=O) groups excluding carboxylic acids is 1. The number of aromatic nitrogens is 2. The van der Waals surface area contributed by atoms with Crippen LogP contribution < -0.4 is 5.32 Å². The predicted octanol–water partition coefficient (Wildman–Crippen LogP) is 1.61. The van der Waals surface area contributed by atoms with E-state index in [-0.39, 0.29) is 12.6 Å². The fraction of sp³-hybridized carbons (Fsp3) is 0.636. The molecule has 1 unspecified atom stereocenters. The summed E-state index contributed by atoms with van der Waals surface area (Å²) in [5.74, 6) is -0.993. The maximum absolute atomic E-state index is 12.9. The van der Waals surface area contributed by atoms with Gasteiger partial charge in [0.15, 0.2) is 5.69 Å². The highest BCUT2D eigenvalue weighted by atomic mass is 19.4. The summed E-state index contributed by atoms with van der Waals surface area (Å²) in [7, 11) is 0. The van der Waals surface area contributed by atoms with E-state index in [9.17, 15) is 18.0 Å². The maximum atomic E-state index is 12.9. The van der Waals surface area contributed by atoms with Crippen LogP contribution in [0, 0.1) is 0 Å². The first-order valence-electron chi connectivity index (χ1n) is 5.97. The Bertz CT molecular complexity index is 464. The van der Waals surface area contributed by atoms with Gasteiger partial charge in [-0.3, -0.25) is 4.68 Å². The highest BCUT2D eigenvalue weighted by molar-refractivity contribution is 5.90. The molecule has 0 radical (unpaired) electrons. The molecule has 1 aromatic rings. The van der Waals surface area contributed by atoms with Crippen molar-refractivity contribution in [2.24, 2.45) is 0 Å². The van der Waals surface area contributed by atoms with Gasteiger partial charge < -0.3 is 10.1 Å². The van der Waals surface area contributed by atoms with Crippen molar-refractivity contribution in [3.63, 3.8) is 0 Å². The van der Waals surface area contributed by atoms with Gasteiger partial charge >= 0.3 is 12.1 Å². The van der Waals surface area contributed by atoms with Crippen molar-refractivity contribution < 1.29 is 22.7 Å². The third-order valence-corrected chi connectivity index (χ3v) is 2.90. The van der Waals surface area contributed by atoms with Gasteiger partial charge in [-0.05, 0) is 19.9 Å². The summed E-state index contributed by atoms with van der Waals surface area (Å²) in [5.41, 5.74) is -1.71. The number of hydrogen-bond acceptors (Lipinski definition) is 4. The second-order valence-electron chi connectivity index (χ2n) is 4.24. The molecule has 1 fully saturated rings. The average Bonchev–Trinajstić information content (AvgIpc) is 2.97. The van der Waals surface area contributed by atoms with Crippen LogP contribution in [-0.2, 0) is 10.9 Å². The minimum atomic E-state index is -4.67. The highest BCUT2D eigenvalue weighted by Gasteiger charge is 2.40. The standard InChI is InChI=1S/C11H14F3N3O2/c1-2-19-10(18)8-6-17(7-3-4-15-5-7)16-9(8)11(12,13)14/h6-7,15H,2-5H2,1H3. The molecule has 1 saturated heterocycles. The SMILES string of the molecule is CCOC(=O)c1cn(C2CCNC2)nc1C(F)(F)F. The lowest BCUT2D eigenvalue weighted by Crippen LogP contribution is -2.16. The van der Waals surface area contributed by atoms with Crippen molar-refractivity contribution in [3.05, 3.63) is 17.5 Å². The third-order valence-electron chi connectivity index (χ3n) is 2.90. The van der Waals surface area contributed by atoms with Crippen molar-refractivity contribution >= 4 is 5.97 Å². The molecule has 1 aliphatic rings. The zero-order valence-electron chi connectivity index (χ0n) is 10.3. The van der Waals surface area contributed by atoms with Gasteiger partial charge in [-0.15, -0.1) is 0 Å². The Morgan fingerprint density at radius 3 is 2.89 bits per heavy atom. The van der Waals surface area contributed by atoms with Gasteiger partial charge in [-0.25, -0.2) is 4.79 Å². The van der Waals surface area contributed by atoms with Crippen LogP contribution in [0.1, 0.15) is 35.4 Å². The van der Waals surface area contributed by atoms with E-state index in [1.807, 2.05) is 0 Å². The van der Waals surface area contributed by atoms with Crippen LogP contribution in [0.3, 0.4) is 0 Å². The van der Waals surface area contributed by atoms with E-state index < -0.39 is 23.4 Å². The molecule has 0 aromatic carbocycles. The maximum Gasteiger partial charge on any atom is 0.436 e. The molecule has 0 saturated carbocycles. The van der Waals surface area contributed by atoms with Crippen molar-refractivity contribution in [1.29, 1.82) is 0 Å². The Balaban J connectivity index is 2.36. The topological polar surface area (TPSA) is 56.1 Å². The van der Waals surface area contributed by atoms with Gasteiger partial charge in [0.1, 0.15) is 5.56 Å². The first kappa shape index (κ1) is 13.9. The minimum Gasteiger partial charge on any atom is -0.462 e. The summed E-state index contributed by atoms with van der Waals surface area (Å²) in [4.78, 5) is 11.5. The number of halogens is 3. The molecule has 106 valence electrons. The average molecular weight is 277 g/mol. The smallest absolute Gasteiger partial charge is 0.436 e. The molecule has 0 bridgehead atoms. The Labute approximate surface area is 107 Å². The van der Waals surface area contributed by atoms with Gasteiger partial charge in [0, 0.05) is 12.7 Å². The van der Waals surface area contributed by atoms with E-state index in [4.69, 9.17) is 0 Å². The first-order valence-corrected chi connectivity index (χ1v) is 5.97. The Morgan fingerprint density at radius 2 is 2.37 bits per heavy atom. The summed E-state index contributed by atoms with van der Waals surface area (Å²) in [6, 6.07) is -0.163. The summed E-state index contributed by atoms with van der Waals surface area (Å²) in [6.07, 6.45) is -2.86. The molecular formula is C11H14F3N3O2. The summed E-state index contributed by atoms with van der Waals surface area (Å²) in [6.45, 7) is 2.82. The molecule has 1 aliphatic heterocycles. The van der Waals surface area contributed by atoms with Gasteiger partial charge in [0.05, 0.1) is 12.6 Å². The van der Waals surface area contributed by atoms with Crippen LogP contribution in [-0.4, -0.2) is 35.4 Å². The Kier molecular flexibility index (Phi) is 3.79. The zero-order chi connectivity index (χ0) is 14.0. The molecule has 1 aromatic heterocycles. The van der Waals surface area contributed by atoms with Crippen LogP contribution >= 0.6 is 0 Å². The monoisotopic (exact) mass is 277 g/mol. The van der Waals surface area contributed by atoms with Crippen LogP contribution in [0.25, 0.3) is 0 Å². The highest BCUT2D eigenvalue weighted by Crippen LogP contribution is 2.32. The number of hydrogen-bond donors (Lipinski definition) is 1. The molecule has 0 aliphatic carbocycles. The molecule has 8 heteroatoms. The number of esters is 1. The van der Waals surface area contributed by atoms with Crippen molar-refractivity contribution in [1.82, 2.24) is 15.1 Å². The number of alkyl halides is 3. The van der Waals surface area contributed by atoms with E-state index in [1.54, 1.807) is 0 Å². The molecule has 19 heavy (non-hydrogen) atoms. The molecule has 5 nitrogen and oxygen atoms in total. The van der Waals surface area contributed by atoms with Gasteiger partial charge in [0.25, 0.3) is 0 Å². The lowest BCUT2D eigenvalue weighted by Gasteiger charge is -2.08. The fourth-order valence-electron chi connectivity index (χ4n) is 2.01. The number of nitrogens with one attached hydrogen (secondary N) is 1. The third kappa shape index (κ3) is 2.89. The van der Waals surface area contributed by atoms with Gasteiger partial charge in [-0.2, -0.15) is 18.3 Å².